The van der Waals surface area contributed by atoms with E-state index in [0.29, 0.717) is 11.3 Å². The van der Waals surface area contributed by atoms with Crippen molar-refractivity contribution in [1.82, 2.24) is 9.78 Å². The van der Waals surface area contributed by atoms with Gasteiger partial charge in [0.25, 0.3) is 0 Å². The Hall–Kier alpha value is -1.80. The highest BCUT2D eigenvalue weighted by Gasteiger charge is 2.11. The summed E-state index contributed by atoms with van der Waals surface area (Å²) in [5, 5.41) is 13.2. The molecule has 0 aliphatic carbocycles. The van der Waals surface area contributed by atoms with Crippen LogP contribution >= 0.6 is 15.9 Å². The Balaban J connectivity index is 2.58. The second-order valence-electron chi connectivity index (χ2n) is 3.78. The van der Waals surface area contributed by atoms with Crippen molar-refractivity contribution in [2.45, 2.75) is 13.8 Å². The summed E-state index contributed by atoms with van der Waals surface area (Å²) in [5.41, 5.74) is 9.52. The smallest absolute Gasteiger partial charge is 0.101 e. The summed E-state index contributed by atoms with van der Waals surface area (Å²) in [6.07, 6.45) is 0. The van der Waals surface area contributed by atoms with E-state index in [4.69, 9.17) is 11.0 Å². The predicted octanol–water partition coefficient (Wildman–Crippen LogP) is 2.71. The molecule has 4 nitrogen and oxygen atoms in total. The number of benzene rings is 1. The average Bonchev–Trinajstić information content (AvgIpc) is 2.57. The monoisotopic (exact) mass is 290 g/mol. The molecule has 0 spiro atoms. The molecule has 1 aromatic carbocycles. The highest BCUT2D eigenvalue weighted by Crippen LogP contribution is 2.24. The number of nitrogen functional groups attached to an aromatic ring is 1. The minimum atomic E-state index is 0.466. The van der Waals surface area contributed by atoms with Gasteiger partial charge in [0.1, 0.15) is 6.07 Å². The van der Waals surface area contributed by atoms with E-state index < -0.39 is 0 Å². The number of rotatable bonds is 1. The maximum absolute atomic E-state index is 8.82. The van der Waals surface area contributed by atoms with Gasteiger partial charge in [-0.15, -0.1) is 0 Å². The SMILES string of the molecule is Cc1nn(-c2ccc(C#N)c(N)c2)c(C)c1Br. The number of nitrogens with two attached hydrogens (primary N) is 1. The second-order valence-corrected chi connectivity index (χ2v) is 4.57. The summed E-state index contributed by atoms with van der Waals surface area (Å²) in [6.45, 7) is 3.90. The average molecular weight is 291 g/mol. The van der Waals surface area contributed by atoms with E-state index >= 15 is 0 Å². The van der Waals surface area contributed by atoms with E-state index in [1.54, 1.807) is 16.8 Å². The molecule has 0 radical (unpaired) electrons. The van der Waals surface area contributed by atoms with E-state index in [9.17, 15) is 0 Å². The lowest BCUT2D eigenvalue weighted by Crippen LogP contribution is -2.01. The van der Waals surface area contributed by atoms with Gasteiger partial charge in [-0.05, 0) is 48.0 Å². The molecule has 0 amide bonds. The van der Waals surface area contributed by atoms with Crippen molar-refractivity contribution in [3.63, 3.8) is 0 Å². The third kappa shape index (κ3) is 1.92. The van der Waals surface area contributed by atoms with Crippen LogP contribution in [0.4, 0.5) is 5.69 Å². The Labute approximate surface area is 108 Å². The summed E-state index contributed by atoms with van der Waals surface area (Å²) >= 11 is 3.48. The minimum absolute atomic E-state index is 0.466. The van der Waals surface area contributed by atoms with Gasteiger partial charge in [-0.3, -0.25) is 0 Å². The van der Waals surface area contributed by atoms with Crippen LogP contribution in [0.3, 0.4) is 0 Å². The van der Waals surface area contributed by atoms with Crippen molar-refractivity contribution in [1.29, 1.82) is 5.26 Å². The fourth-order valence-corrected chi connectivity index (χ4v) is 1.91. The van der Waals surface area contributed by atoms with Gasteiger partial charge in [0, 0.05) is 0 Å². The fourth-order valence-electron chi connectivity index (χ4n) is 1.66. The first-order valence-corrected chi connectivity index (χ1v) is 5.85. The quantitative estimate of drug-likeness (QED) is 0.821. The zero-order valence-electron chi connectivity index (χ0n) is 9.53. The first-order chi connectivity index (χ1) is 8.04. The van der Waals surface area contributed by atoms with E-state index in [1.807, 2.05) is 26.0 Å². The van der Waals surface area contributed by atoms with Crippen LogP contribution in [0, 0.1) is 25.2 Å². The Morgan fingerprint density at radius 1 is 1.41 bits per heavy atom. The van der Waals surface area contributed by atoms with Gasteiger partial charge in [0.05, 0.1) is 32.8 Å². The third-order valence-electron chi connectivity index (χ3n) is 2.60. The first-order valence-electron chi connectivity index (χ1n) is 5.06. The molecule has 1 heterocycles. The number of aromatic nitrogens is 2. The van der Waals surface area contributed by atoms with E-state index in [1.165, 1.54) is 0 Å². The molecular formula is C12H11BrN4. The van der Waals surface area contributed by atoms with Crippen molar-refractivity contribution in [3.8, 4) is 11.8 Å². The topological polar surface area (TPSA) is 67.6 Å². The van der Waals surface area contributed by atoms with Crippen LogP contribution in [0.1, 0.15) is 17.0 Å². The molecule has 0 atom stereocenters. The molecule has 2 aromatic rings. The second kappa shape index (κ2) is 4.22. The third-order valence-corrected chi connectivity index (χ3v) is 3.75. The number of halogens is 1. The molecule has 0 unspecified atom stereocenters. The number of nitrogens with zero attached hydrogens (tertiary/aromatic N) is 3. The molecule has 17 heavy (non-hydrogen) atoms. The Morgan fingerprint density at radius 3 is 2.59 bits per heavy atom. The van der Waals surface area contributed by atoms with Crippen molar-refractivity contribution in [2.75, 3.05) is 5.73 Å². The number of aryl methyl sites for hydroxylation is 1. The van der Waals surface area contributed by atoms with Gasteiger partial charge >= 0.3 is 0 Å². The van der Waals surface area contributed by atoms with Crippen LogP contribution in [0.15, 0.2) is 22.7 Å². The van der Waals surface area contributed by atoms with Gasteiger partial charge in [-0.1, -0.05) is 0 Å². The van der Waals surface area contributed by atoms with Crippen molar-refractivity contribution in [3.05, 3.63) is 39.6 Å². The van der Waals surface area contributed by atoms with Gasteiger partial charge in [0.15, 0.2) is 0 Å². The van der Waals surface area contributed by atoms with Crippen LogP contribution in [-0.4, -0.2) is 9.78 Å². The molecule has 86 valence electrons. The van der Waals surface area contributed by atoms with Crippen molar-refractivity contribution in [2.24, 2.45) is 0 Å². The summed E-state index contributed by atoms with van der Waals surface area (Å²) in [7, 11) is 0. The van der Waals surface area contributed by atoms with Crippen LogP contribution in [0.25, 0.3) is 5.69 Å². The maximum atomic E-state index is 8.82. The number of hydrogen-bond donors (Lipinski definition) is 1. The minimum Gasteiger partial charge on any atom is -0.398 e. The van der Waals surface area contributed by atoms with Gasteiger partial charge in [0.2, 0.25) is 0 Å². The zero-order chi connectivity index (χ0) is 12.6. The summed E-state index contributed by atoms with van der Waals surface area (Å²) in [6, 6.07) is 7.33. The molecule has 0 bridgehead atoms. The fraction of sp³-hybridized carbons (Fsp3) is 0.167. The lowest BCUT2D eigenvalue weighted by Gasteiger charge is -2.06. The van der Waals surface area contributed by atoms with Crippen molar-refractivity contribution < 1.29 is 0 Å². The standard InChI is InChI=1S/C12H11BrN4/c1-7-12(13)8(2)17(16-7)10-4-3-9(6-14)11(15)5-10/h3-5H,15H2,1-2H3. The van der Waals surface area contributed by atoms with Crippen LogP contribution in [0.2, 0.25) is 0 Å². The van der Waals surface area contributed by atoms with Gasteiger partial charge in [-0.25, -0.2) is 4.68 Å². The van der Waals surface area contributed by atoms with Crippen LogP contribution in [0.5, 0.6) is 0 Å². The van der Waals surface area contributed by atoms with Gasteiger partial charge < -0.3 is 5.73 Å². The summed E-state index contributed by atoms with van der Waals surface area (Å²) in [4.78, 5) is 0. The van der Waals surface area contributed by atoms with E-state index in [2.05, 4.69) is 21.0 Å². The van der Waals surface area contributed by atoms with Gasteiger partial charge in [-0.2, -0.15) is 10.4 Å². The highest BCUT2D eigenvalue weighted by atomic mass is 79.9. The van der Waals surface area contributed by atoms with Crippen LogP contribution in [-0.2, 0) is 0 Å². The van der Waals surface area contributed by atoms with Crippen LogP contribution < -0.4 is 5.73 Å². The Kier molecular flexibility index (Phi) is 2.90. The molecule has 0 saturated carbocycles. The predicted molar refractivity (Wildman–Crippen MR) is 69.9 cm³/mol. The van der Waals surface area contributed by atoms with E-state index in [-0.39, 0.29) is 0 Å². The molecule has 0 aliphatic heterocycles. The molecular weight excluding hydrogens is 280 g/mol. The molecule has 0 saturated heterocycles. The molecule has 2 rings (SSSR count). The number of anilines is 1. The highest BCUT2D eigenvalue weighted by molar-refractivity contribution is 9.10. The maximum Gasteiger partial charge on any atom is 0.101 e. The summed E-state index contributed by atoms with van der Waals surface area (Å²) < 4.78 is 2.79. The lowest BCUT2D eigenvalue weighted by molar-refractivity contribution is 0.833. The molecule has 0 fully saturated rings. The Morgan fingerprint density at radius 2 is 2.12 bits per heavy atom. The molecule has 1 aromatic heterocycles. The zero-order valence-corrected chi connectivity index (χ0v) is 11.1. The Bertz CT molecular complexity index is 622. The summed E-state index contributed by atoms with van der Waals surface area (Å²) in [5.74, 6) is 0. The number of nitriles is 1. The molecule has 5 heteroatoms. The first kappa shape index (κ1) is 11.7. The van der Waals surface area contributed by atoms with E-state index in [0.717, 1.165) is 21.5 Å². The normalized spacial score (nSPS) is 10.2. The number of hydrogen-bond acceptors (Lipinski definition) is 3. The lowest BCUT2D eigenvalue weighted by atomic mass is 10.2. The molecule has 2 N–H and O–H groups in total. The van der Waals surface area contributed by atoms with Crippen molar-refractivity contribution >= 4 is 21.6 Å². The molecule has 0 aliphatic rings. The largest absolute Gasteiger partial charge is 0.398 e.